The standard InChI is InChI=1S/C13H9.C3H7.Mg/c1-3-7-12-10(5-1)9-11-6-2-4-8-13(11)12;1-3-2;/h1-5,7-8H,9H2;1,3H2,2H3;/q2*-1;+2. The first-order chi connectivity index (χ1) is 7.86. The maximum Gasteiger partial charge on any atom is 2.00 e. The maximum atomic E-state index is 3.49. The molecule has 0 atom stereocenters. The fourth-order valence-electron chi connectivity index (χ4n) is 2.00. The van der Waals surface area contributed by atoms with Crippen LogP contribution < -0.4 is 0 Å². The molecular weight excluding hydrogens is 216 g/mol. The summed E-state index contributed by atoms with van der Waals surface area (Å²) in [4.78, 5) is 0. The summed E-state index contributed by atoms with van der Waals surface area (Å²) in [5.41, 5.74) is 5.51. The van der Waals surface area contributed by atoms with E-state index in [1.54, 1.807) is 0 Å². The van der Waals surface area contributed by atoms with E-state index in [4.69, 9.17) is 0 Å². The average Bonchev–Trinajstić information content (AvgIpc) is 2.68. The SMILES string of the molecule is [CH2-]CC.[Mg+2].[c-]1cccc2c1Cc1ccccc1-2. The summed E-state index contributed by atoms with van der Waals surface area (Å²) in [5, 5.41) is 0. The second kappa shape index (κ2) is 6.82. The van der Waals surface area contributed by atoms with Crippen molar-refractivity contribution in [2.24, 2.45) is 0 Å². The first-order valence-electron chi connectivity index (χ1n) is 5.74. The molecule has 82 valence electrons. The maximum absolute atomic E-state index is 3.49. The van der Waals surface area contributed by atoms with E-state index in [1.807, 2.05) is 13.0 Å². The van der Waals surface area contributed by atoms with Crippen molar-refractivity contribution in [3.8, 4) is 11.1 Å². The van der Waals surface area contributed by atoms with Crippen molar-refractivity contribution in [2.45, 2.75) is 19.8 Å². The largest absolute Gasteiger partial charge is 2.00 e. The third kappa shape index (κ3) is 3.11. The fraction of sp³-hybridized carbons (Fsp3) is 0.188. The van der Waals surface area contributed by atoms with Crippen molar-refractivity contribution in [1.82, 2.24) is 0 Å². The predicted molar refractivity (Wildman–Crippen MR) is 74.9 cm³/mol. The van der Waals surface area contributed by atoms with Crippen LogP contribution in [0.2, 0.25) is 0 Å². The molecule has 0 aliphatic heterocycles. The zero-order chi connectivity index (χ0) is 11.4. The van der Waals surface area contributed by atoms with Gasteiger partial charge in [-0.2, -0.15) is 36.2 Å². The molecule has 2 aromatic rings. The van der Waals surface area contributed by atoms with Crippen LogP contribution in [0.3, 0.4) is 0 Å². The first-order valence-corrected chi connectivity index (χ1v) is 5.74. The van der Waals surface area contributed by atoms with Gasteiger partial charge in [0, 0.05) is 0 Å². The molecule has 1 aliphatic carbocycles. The minimum absolute atomic E-state index is 0. The van der Waals surface area contributed by atoms with Crippen molar-refractivity contribution in [3.63, 3.8) is 0 Å². The Morgan fingerprint density at radius 3 is 2.53 bits per heavy atom. The number of hydrogen-bond donors (Lipinski definition) is 0. The number of fused-ring (bicyclic) bond motifs is 3. The molecule has 1 heteroatoms. The molecule has 0 amide bonds. The average molecular weight is 233 g/mol. The molecule has 0 saturated heterocycles. The van der Waals surface area contributed by atoms with E-state index in [9.17, 15) is 0 Å². The zero-order valence-electron chi connectivity index (χ0n) is 10.4. The van der Waals surface area contributed by atoms with Gasteiger partial charge in [-0.15, -0.1) is 5.56 Å². The molecule has 1 aliphatic rings. The second-order valence-corrected chi connectivity index (χ2v) is 3.90. The van der Waals surface area contributed by atoms with E-state index >= 15 is 0 Å². The number of hydrogen-bond acceptors (Lipinski definition) is 0. The van der Waals surface area contributed by atoms with Crippen LogP contribution in [0.25, 0.3) is 11.1 Å². The summed E-state index contributed by atoms with van der Waals surface area (Å²) in [6.07, 6.45) is 2.05. The van der Waals surface area contributed by atoms with Crippen molar-refractivity contribution >= 4 is 23.1 Å². The van der Waals surface area contributed by atoms with Crippen LogP contribution >= 0.6 is 0 Å². The summed E-state index contributed by atoms with van der Waals surface area (Å²) >= 11 is 0. The van der Waals surface area contributed by atoms with Crippen molar-refractivity contribution in [3.05, 3.63) is 66.6 Å². The second-order valence-electron chi connectivity index (χ2n) is 3.90. The Balaban J connectivity index is 0.000000331. The molecule has 0 nitrogen and oxygen atoms in total. The molecule has 0 radical (unpaired) electrons. The Morgan fingerprint density at radius 1 is 1.12 bits per heavy atom. The normalized spacial score (nSPS) is 10.5. The summed E-state index contributed by atoms with van der Waals surface area (Å²) < 4.78 is 0. The van der Waals surface area contributed by atoms with Gasteiger partial charge in [0.1, 0.15) is 0 Å². The van der Waals surface area contributed by atoms with Crippen molar-refractivity contribution in [1.29, 1.82) is 0 Å². The van der Waals surface area contributed by atoms with Crippen LogP contribution in [-0.4, -0.2) is 23.1 Å². The Hall–Kier alpha value is -0.794. The van der Waals surface area contributed by atoms with Crippen LogP contribution in [0.4, 0.5) is 0 Å². The van der Waals surface area contributed by atoms with E-state index in [0.717, 1.165) is 12.8 Å². The van der Waals surface area contributed by atoms with Gasteiger partial charge in [0.05, 0.1) is 0 Å². The Kier molecular flexibility index (Phi) is 5.73. The van der Waals surface area contributed by atoms with Crippen molar-refractivity contribution in [2.75, 3.05) is 0 Å². The van der Waals surface area contributed by atoms with E-state index in [2.05, 4.69) is 49.4 Å². The van der Waals surface area contributed by atoms with Gasteiger partial charge in [-0.25, -0.2) is 0 Å². The summed E-state index contributed by atoms with van der Waals surface area (Å²) in [7, 11) is 0. The van der Waals surface area contributed by atoms with Gasteiger partial charge < -0.3 is 6.92 Å². The fourth-order valence-corrected chi connectivity index (χ4v) is 2.00. The van der Waals surface area contributed by atoms with Gasteiger partial charge in [0.2, 0.25) is 0 Å². The molecule has 17 heavy (non-hydrogen) atoms. The van der Waals surface area contributed by atoms with Gasteiger partial charge in [-0.1, -0.05) is 42.3 Å². The molecular formula is C16H16Mg. The van der Waals surface area contributed by atoms with E-state index in [-0.39, 0.29) is 23.1 Å². The monoisotopic (exact) mass is 232 g/mol. The Bertz CT molecular complexity index is 431. The third-order valence-electron chi connectivity index (χ3n) is 2.62. The molecule has 0 unspecified atom stereocenters. The first kappa shape index (κ1) is 14.3. The minimum Gasteiger partial charge on any atom is -0.344 e. The van der Waals surface area contributed by atoms with Gasteiger partial charge in [-0.05, 0) is 6.42 Å². The molecule has 0 fully saturated rings. The Labute approximate surface area is 120 Å². The zero-order valence-corrected chi connectivity index (χ0v) is 11.8. The number of rotatable bonds is 0. The predicted octanol–water partition coefficient (Wildman–Crippen LogP) is 3.91. The quantitative estimate of drug-likeness (QED) is 0.407. The molecule has 0 bridgehead atoms. The summed E-state index contributed by atoms with van der Waals surface area (Å²) in [5.74, 6) is 0. The third-order valence-corrected chi connectivity index (χ3v) is 2.62. The number of benzene rings is 2. The molecule has 0 saturated carbocycles. The van der Waals surface area contributed by atoms with Gasteiger partial charge in [0.15, 0.2) is 0 Å². The van der Waals surface area contributed by atoms with E-state index < -0.39 is 0 Å². The molecule has 0 aromatic heterocycles. The van der Waals surface area contributed by atoms with Crippen LogP contribution in [0.15, 0.2) is 42.5 Å². The minimum atomic E-state index is 0. The smallest absolute Gasteiger partial charge is 0.344 e. The molecule has 2 aromatic carbocycles. The van der Waals surface area contributed by atoms with Crippen LogP contribution in [0.1, 0.15) is 24.5 Å². The Morgan fingerprint density at radius 2 is 1.76 bits per heavy atom. The molecule has 0 heterocycles. The molecule has 0 N–H and O–H groups in total. The van der Waals surface area contributed by atoms with E-state index in [1.165, 1.54) is 22.3 Å². The summed E-state index contributed by atoms with van der Waals surface area (Å²) in [6, 6.07) is 18.1. The van der Waals surface area contributed by atoms with Gasteiger partial charge >= 0.3 is 23.1 Å². The van der Waals surface area contributed by atoms with Crippen LogP contribution in [0, 0.1) is 13.0 Å². The molecule has 0 spiro atoms. The molecule has 3 rings (SSSR count). The van der Waals surface area contributed by atoms with E-state index in [0.29, 0.717) is 0 Å². The van der Waals surface area contributed by atoms with Gasteiger partial charge in [-0.3, -0.25) is 0 Å². The summed E-state index contributed by atoms with van der Waals surface area (Å²) in [6.45, 7) is 5.50. The van der Waals surface area contributed by atoms with Crippen LogP contribution in [-0.2, 0) is 6.42 Å². The van der Waals surface area contributed by atoms with Crippen LogP contribution in [0.5, 0.6) is 0 Å². The topological polar surface area (TPSA) is 0 Å². The van der Waals surface area contributed by atoms with Crippen molar-refractivity contribution < 1.29 is 0 Å². The van der Waals surface area contributed by atoms with Gasteiger partial charge in [0.25, 0.3) is 0 Å².